The number of benzene rings is 1. The van der Waals surface area contributed by atoms with Gasteiger partial charge in [0.2, 0.25) is 11.8 Å². The maximum atomic E-state index is 13.2. The zero-order chi connectivity index (χ0) is 18.5. The highest BCUT2D eigenvalue weighted by atomic mass is 19.2. The van der Waals surface area contributed by atoms with Crippen LogP contribution in [0.1, 0.15) is 38.5 Å². The molecule has 0 radical (unpaired) electrons. The highest BCUT2D eigenvalue weighted by Gasteiger charge is 2.30. The third kappa shape index (κ3) is 4.78. The average Bonchev–Trinajstić information content (AvgIpc) is 3.16. The monoisotopic (exact) mass is 366 g/mol. The molecule has 2 fully saturated rings. The second-order valence-electron chi connectivity index (χ2n) is 7.05. The van der Waals surface area contributed by atoms with E-state index in [1.807, 2.05) is 0 Å². The normalized spacial score (nSPS) is 25.7. The van der Waals surface area contributed by atoms with Crippen LogP contribution in [0.5, 0.6) is 0 Å². The summed E-state index contributed by atoms with van der Waals surface area (Å²) in [6.45, 7) is 1.31. The SMILES string of the molecule is O=C(NCC1CCCO1)C1CCC(C(=O)Nc2ccc(F)c(F)c2)CC1. The molecule has 1 atom stereocenters. The average molecular weight is 366 g/mol. The van der Waals surface area contributed by atoms with Gasteiger partial charge in [-0.15, -0.1) is 0 Å². The van der Waals surface area contributed by atoms with Crippen molar-refractivity contribution in [3.05, 3.63) is 29.8 Å². The number of nitrogens with one attached hydrogen (secondary N) is 2. The number of rotatable bonds is 5. The molecular formula is C19H24F2N2O3. The first kappa shape index (κ1) is 18.8. The fraction of sp³-hybridized carbons (Fsp3) is 0.579. The Balaban J connectivity index is 1.42. The molecule has 1 saturated carbocycles. The molecule has 5 nitrogen and oxygen atoms in total. The van der Waals surface area contributed by atoms with Gasteiger partial charge in [-0.1, -0.05) is 0 Å². The molecule has 0 bridgehead atoms. The van der Waals surface area contributed by atoms with Crippen molar-refractivity contribution in [3.63, 3.8) is 0 Å². The van der Waals surface area contributed by atoms with Crippen molar-refractivity contribution in [1.82, 2.24) is 5.32 Å². The highest BCUT2D eigenvalue weighted by molar-refractivity contribution is 5.92. The van der Waals surface area contributed by atoms with E-state index in [2.05, 4.69) is 10.6 Å². The fourth-order valence-corrected chi connectivity index (χ4v) is 3.60. The van der Waals surface area contributed by atoms with Gasteiger partial charge < -0.3 is 15.4 Å². The molecule has 0 aromatic heterocycles. The van der Waals surface area contributed by atoms with Crippen LogP contribution in [0.25, 0.3) is 0 Å². The first-order chi connectivity index (χ1) is 12.5. The second-order valence-corrected chi connectivity index (χ2v) is 7.05. The van der Waals surface area contributed by atoms with Crippen molar-refractivity contribution >= 4 is 17.5 Å². The maximum absolute atomic E-state index is 13.2. The van der Waals surface area contributed by atoms with Crippen LogP contribution in [0.4, 0.5) is 14.5 Å². The Kier molecular flexibility index (Phi) is 6.19. The Morgan fingerprint density at radius 1 is 1.00 bits per heavy atom. The van der Waals surface area contributed by atoms with Crippen molar-refractivity contribution in [2.24, 2.45) is 11.8 Å². The van der Waals surface area contributed by atoms with Crippen LogP contribution in [0, 0.1) is 23.5 Å². The minimum Gasteiger partial charge on any atom is -0.376 e. The van der Waals surface area contributed by atoms with Crippen molar-refractivity contribution in [1.29, 1.82) is 0 Å². The predicted molar refractivity (Wildman–Crippen MR) is 92.4 cm³/mol. The molecule has 7 heteroatoms. The number of ether oxygens (including phenoxy) is 1. The number of carbonyl (C=O) groups is 2. The van der Waals surface area contributed by atoms with E-state index in [-0.39, 0.29) is 35.4 Å². The van der Waals surface area contributed by atoms with E-state index >= 15 is 0 Å². The summed E-state index contributed by atoms with van der Waals surface area (Å²) >= 11 is 0. The third-order valence-electron chi connectivity index (χ3n) is 5.18. The van der Waals surface area contributed by atoms with Crippen LogP contribution < -0.4 is 10.6 Å². The number of hydrogen-bond acceptors (Lipinski definition) is 3. The topological polar surface area (TPSA) is 67.4 Å². The quantitative estimate of drug-likeness (QED) is 0.842. The van der Waals surface area contributed by atoms with Crippen molar-refractivity contribution in [3.8, 4) is 0 Å². The van der Waals surface area contributed by atoms with E-state index in [0.29, 0.717) is 32.2 Å². The molecule has 1 unspecified atom stereocenters. The molecule has 26 heavy (non-hydrogen) atoms. The molecule has 1 aliphatic carbocycles. The Morgan fingerprint density at radius 2 is 1.69 bits per heavy atom. The molecule has 2 N–H and O–H groups in total. The smallest absolute Gasteiger partial charge is 0.227 e. The summed E-state index contributed by atoms with van der Waals surface area (Å²) in [5, 5.41) is 5.57. The zero-order valence-corrected chi connectivity index (χ0v) is 14.6. The van der Waals surface area contributed by atoms with Crippen molar-refractivity contribution < 1.29 is 23.1 Å². The van der Waals surface area contributed by atoms with Gasteiger partial charge in [0.25, 0.3) is 0 Å². The lowest BCUT2D eigenvalue weighted by atomic mass is 9.81. The van der Waals surface area contributed by atoms with Crippen LogP contribution >= 0.6 is 0 Å². The Labute approximate surface area is 151 Å². The summed E-state index contributed by atoms with van der Waals surface area (Å²) < 4.78 is 31.6. The summed E-state index contributed by atoms with van der Waals surface area (Å²) in [6.07, 6.45) is 4.65. The van der Waals surface area contributed by atoms with E-state index in [4.69, 9.17) is 4.74 Å². The van der Waals surface area contributed by atoms with Crippen LogP contribution in [0.15, 0.2) is 18.2 Å². The maximum Gasteiger partial charge on any atom is 0.227 e. The van der Waals surface area contributed by atoms with Gasteiger partial charge in [-0.3, -0.25) is 9.59 Å². The van der Waals surface area contributed by atoms with E-state index in [0.717, 1.165) is 31.6 Å². The number of amides is 2. The summed E-state index contributed by atoms with van der Waals surface area (Å²) in [7, 11) is 0. The van der Waals surface area contributed by atoms with Gasteiger partial charge in [-0.25, -0.2) is 8.78 Å². The van der Waals surface area contributed by atoms with Crippen molar-refractivity contribution in [2.75, 3.05) is 18.5 Å². The Bertz CT molecular complexity index is 654. The number of carbonyl (C=O) groups excluding carboxylic acids is 2. The fourth-order valence-electron chi connectivity index (χ4n) is 3.60. The first-order valence-electron chi connectivity index (χ1n) is 9.18. The van der Waals surface area contributed by atoms with Crippen LogP contribution in [-0.2, 0) is 14.3 Å². The van der Waals surface area contributed by atoms with Crippen molar-refractivity contribution in [2.45, 2.75) is 44.6 Å². The second kappa shape index (κ2) is 8.58. The van der Waals surface area contributed by atoms with Gasteiger partial charge in [0.15, 0.2) is 11.6 Å². The minimum atomic E-state index is -0.991. The molecule has 3 rings (SSSR count). The molecule has 1 saturated heterocycles. The third-order valence-corrected chi connectivity index (χ3v) is 5.18. The number of halogens is 2. The molecule has 2 amide bonds. The lowest BCUT2D eigenvalue weighted by Crippen LogP contribution is -2.38. The number of hydrogen-bond donors (Lipinski definition) is 2. The molecule has 1 heterocycles. The molecule has 2 aliphatic rings. The summed E-state index contributed by atoms with van der Waals surface area (Å²) in [5.41, 5.74) is 0.241. The van der Waals surface area contributed by atoms with Gasteiger partial charge in [0.05, 0.1) is 6.10 Å². The summed E-state index contributed by atoms with van der Waals surface area (Å²) in [5.74, 6) is -2.42. The van der Waals surface area contributed by atoms with E-state index in [9.17, 15) is 18.4 Å². The standard InChI is InChI=1S/C19H24F2N2O3/c20-16-8-7-14(10-17(16)21)23-19(25)13-5-3-12(4-6-13)18(24)22-11-15-2-1-9-26-15/h7-8,10,12-13,15H,1-6,9,11H2,(H,22,24)(H,23,25). The van der Waals surface area contributed by atoms with Gasteiger partial charge in [-0.05, 0) is 50.7 Å². The van der Waals surface area contributed by atoms with Gasteiger partial charge in [0, 0.05) is 36.7 Å². The van der Waals surface area contributed by atoms with Gasteiger partial charge in [0.1, 0.15) is 0 Å². The molecule has 0 spiro atoms. The van der Waals surface area contributed by atoms with E-state index in [1.54, 1.807) is 0 Å². The number of anilines is 1. The first-order valence-corrected chi connectivity index (χ1v) is 9.18. The molecular weight excluding hydrogens is 342 g/mol. The van der Waals surface area contributed by atoms with Crippen LogP contribution in [0.3, 0.4) is 0 Å². The Hall–Kier alpha value is -2.02. The Morgan fingerprint density at radius 3 is 2.31 bits per heavy atom. The van der Waals surface area contributed by atoms with Crippen LogP contribution in [-0.4, -0.2) is 31.1 Å². The van der Waals surface area contributed by atoms with Gasteiger partial charge in [-0.2, -0.15) is 0 Å². The lowest BCUT2D eigenvalue weighted by molar-refractivity contribution is -0.128. The highest BCUT2D eigenvalue weighted by Crippen LogP contribution is 2.30. The molecule has 142 valence electrons. The largest absolute Gasteiger partial charge is 0.376 e. The minimum absolute atomic E-state index is 0.0277. The summed E-state index contributed by atoms with van der Waals surface area (Å²) in [4.78, 5) is 24.5. The molecule has 1 aromatic rings. The zero-order valence-electron chi connectivity index (χ0n) is 14.6. The summed E-state index contributed by atoms with van der Waals surface area (Å²) in [6, 6.07) is 3.29. The van der Waals surface area contributed by atoms with E-state index < -0.39 is 11.6 Å². The van der Waals surface area contributed by atoms with Gasteiger partial charge >= 0.3 is 0 Å². The molecule has 1 aliphatic heterocycles. The molecule has 1 aromatic carbocycles. The predicted octanol–water partition coefficient (Wildman–Crippen LogP) is 3.00. The lowest BCUT2D eigenvalue weighted by Gasteiger charge is -2.27. The van der Waals surface area contributed by atoms with Crippen LogP contribution in [0.2, 0.25) is 0 Å². The van der Waals surface area contributed by atoms with E-state index in [1.165, 1.54) is 6.07 Å².